The predicted octanol–water partition coefficient (Wildman–Crippen LogP) is 2.80. The molecule has 2 heterocycles. The summed E-state index contributed by atoms with van der Waals surface area (Å²) in [6.45, 7) is 0. The predicted molar refractivity (Wildman–Crippen MR) is 106 cm³/mol. The molecular formula is C21H17N5O2. The molecule has 0 unspecified atom stereocenters. The summed E-state index contributed by atoms with van der Waals surface area (Å²) in [7, 11) is 0. The van der Waals surface area contributed by atoms with Crippen LogP contribution in [0.5, 0.6) is 0 Å². The molecule has 28 heavy (non-hydrogen) atoms. The fraction of sp³-hybridized carbons (Fsp3) is 0.0476. The summed E-state index contributed by atoms with van der Waals surface area (Å²) in [6.07, 6.45) is 5.15. The van der Waals surface area contributed by atoms with Crippen molar-refractivity contribution in [3.63, 3.8) is 0 Å². The minimum absolute atomic E-state index is 0.0644. The smallest absolute Gasteiger partial charge is 0.265 e. The first-order valence-electron chi connectivity index (χ1n) is 8.73. The molecule has 4 aromatic rings. The molecule has 2 aromatic heterocycles. The number of hydrogen-bond acceptors (Lipinski definition) is 4. The second-order valence-electron chi connectivity index (χ2n) is 6.17. The van der Waals surface area contributed by atoms with Crippen LogP contribution in [0.25, 0.3) is 5.95 Å². The van der Waals surface area contributed by atoms with Crippen LogP contribution in [0.3, 0.4) is 0 Å². The third kappa shape index (κ3) is 3.73. The number of nitrogens with one attached hydrogen (secondary N) is 2. The first-order chi connectivity index (χ1) is 13.7. The van der Waals surface area contributed by atoms with E-state index in [-0.39, 0.29) is 11.5 Å². The molecule has 0 aliphatic carbocycles. The molecule has 0 saturated carbocycles. The van der Waals surface area contributed by atoms with E-state index in [0.717, 1.165) is 11.1 Å². The lowest BCUT2D eigenvalue weighted by Crippen LogP contribution is -2.25. The van der Waals surface area contributed by atoms with E-state index < -0.39 is 11.5 Å². The molecule has 0 radical (unpaired) electrons. The van der Waals surface area contributed by atoms with E-state index in [4.69, 9.17) is 0 Å². The van der Waals surface area contributed by atoms with Crippen molar-refractivity contribution in [1.82, 2.24) is 19.7 Å². The molecule has 7 nitrogen and oxygen atoms in total. The Morgan fingerprint density at radius 2 is 1.82 bits per heavy atom. The highest BCUT2D eigenvalue weighted by molar-refractivity contribution is 6.04. The van der Waals surface area contributed by atoms with Crippen molar-refractivity contribution >= 4 is 11.6 Å². The Labute approximate surface area is 160 Å². The molecule has 0 bridgehead atoms. The maximum absolute atomic E-state index is 12.6. The molecule has 1 amide bonds. The first kappa shape index (κ1) is 17.4. The number of rotatable bonds is 5. The van der Waals surface area contributed by atoms with Crippen LogP contribution in [-0.2, 0) is 6.42 Å². The summed E-state index contributed by atoms with van der Waals surface area (Å²) in [5, 5.41) is 6.83. The number of para-hydroxylation sites is 1. The summed E-state index contributed by atoms with van der Waals surface area (Å²) < 4.78 is 1.41. The Morgan fingerprint density at radius 3 is 2.57 bits per heavy atom. The molecule has 4 rings (SSSR count). The Hall–Kier alpha value is -4.00. The molecule has 0 aliphatic rings. The van der Waals surface area contributed by atoms with Gasteiger partial charge in [-0.1, -0.05) is 48.5 Å². The molecule has 0 fully saturated rings. The van der Waals surface area contributed by atoms with Crippen molar-refractivity contribution in [1.29, 1.82) is 0 Å². The zero-order chi connectivity index (χ0) is 19.3. The molecule has 2 N–H and O–H groups in total. The van der Waals surface area contributed by atoms with Gasteiger partial charge in [0.1, 0.15) is 5.56 Å². The van der Waals surface area contributed by atoms with Crippen molar-refractivity contribution in [2.45, 2.75) is 6.42 Å². The standard InChI is InChI=1S/C21H17N5O2/c27-19(17-14-22-21(25-20(17)28)26-12-6-11-23-26)24-18-10-5-4-9-16(18)13-15-7-2-1-3-8-15/h1-12,14H,13H2,(H,24,27)(H,22,25,28). The van der Waals surface area contributed by atoms with E-state index in [0.29, 0.717) is 12.1 Å². The number of nitrogens with zero attached hydrogens (tertiary/aromatic N) is 3. The van der Waals surface area contributed by atoms with Crippen LogP contribution >= 0.6 is 0 Å². The van der Waals surface area contributed by atoms with Gasteiger partial charge in [-0.2, -0.15) is 5.10 Å². The van der Waals surface area contributed by atoms with Crippen molar-refractivity contribution in [2.75, 3.05) is 5.32 Å². The maximum atomic E-state index is 12.6. The summed E-state index contributed by atoms with van der Waals surface area (Å²) in [5.41, 5.74) is 2.16. The lowest BCUT2D eigenvalue weighted by Gasteiger charge is -2.11. The number of amides is 1. The Kier molecular flexibility index (Phi) is 4.79. The number of H-pyrrole nitrogens is 1. The van der Waals surface area contributed by atoms with Crippen LogP contribution in [-0.4, -0.2) is 25.7 Å². The maximum Gasteiger partial charge on any atom is 0.265 e. The second-order valence-corrected chi connectivity index (χ2v) is 6.17. The van der Waals surface area contributed by atoms with Crippen LogP contribution in [0.15, 0.2) is 84.0 Å². The number of benzene rings is 2. The highest BCUT2D eigenvalue weighted by Crippen LogP contribution is 2.19. The van der Waals surface area contributed by atoms with Crippen LogP contribution in [0, 0.1) is 0 Å². The van der Waals surface area contributed by atoms with Gasteiger partial charge in [0.05, 0.1) is 0 Å². The van der Waals surface area contributed by atoms with Gasteiger partial charge >= 0.3 is 0 Å². The number of carbonyl (C=O) groups excluding carboxylic acids is 1. The summed E-state index contributed by atoms with van der Waals surface area (Å²) >= 11 is 0. The third-order valence-corrected chi connectivity index (χ3v) is 4.25. The lowest BCUT2D eigenvalue weighted by molar-refractivity contribution is 0.102. The van der Waals surface area contributed by atoms with Gasteiger partial charge < -0.3 is 5.32 Å². The second kappa shape index (κ2) is 7.71. The monoisotopic (exact) mass is 371 g/mol. The van der Waals surface area contributed by atoms with Crippen molar-refractivity contribution in [3.05, 3.63) is 106 Å². The fourth-order valence-corrected chi connectivity index (χ4v) is 2.86. The molecule has 0 saturated heterocycles. The third-order valence-electron chi connectivity index (χ3n) is 4.25. The summed E-state index contributed by atoms with van der Waals surface area (Å²) in [6, 6.07) is 19.2. The molecular weight excluding hydrogens is 354 g/mol. The molecule has 0 spiro atoms. The van der Waals surface area contributed by atoms with E-state index in [1.807, 2.05) is 54.6 Å². The average Bonchev–Trinajstić information content (AvgIpc) is 3.25. The number of hydrogen-bond donors (Lipinski definition) is 2. The molecule has 7 heteroatoms. The van der Waals surface area contributed by atoms with Crippen molar-refractivity contribution < 1.29 is 4.79 Å². The van der Waals surface area contributed by atoms with Gasteiger partial charge in [0.25, 0.3) is 11.5 Å². The Bertz CT molecular complexity index is 1150. The quantitative estimate of drug-likeness (QED) is 0.564. The van der Waals surface area contributed by atoms with Crippen LogP contribution in [0.2, 0.25) is 0 Å². The normalized spacial score (nSPS) is 10.6. The van der Waals surface area contributed by atoms with Crippen molar-refractivity contribution in [3.8, 4) is 5.95 Å². The van der Waals surface area contributed by atoms with E-state index in [1.54, 1.807) is 18.5 Å². The van der Waals surface area contributed by atoms with Gasteiger partial charge in [-0.15, -0.1) is 0 Å². The van der Waals surface area contributed by atoms with Crippen LogP contribution in [0.1, 0.15) is 21.5 Å². The van der Waals surface area contributed by atoms with Crippen LogP contribution in [0.4, 0.5) is 5.69 Å². The molecule has 0 atom stereocenters. The molecule has 2 aromatic carbocycles. The number of carbonyl (C=O) groups is 1. The van der Waals surface area contributed by atoms with Gasteiger partial charge in [-0.05, 0) is 29.7 Å². The Morgan fingerprint density at radius 1 is 1.04 bits per heavy atom. The lowest BCUT2D eigenvalue weighted by atomic mass is 10.0. The first-order valence-corrected chi connectivity index (χ1v) is 8.73. The SMILES string of the molecule is O=C(Nc1ccccc1Cc1ccccc1)c1cnc(-n2cccn2)[nH]c1=O. The van der Waals surface area contributed by atoms with E-state index in [2.05, 4.69) is 20.4 Å². The topological polar surface area (TPSA) is 92.7 Å². The zero-order valence-electron chi connectivity index (χ0n) is 14.9. The Balaban J connectivity index is 1.57. The fourth-order valence-electron chi connectivity index (χ4n) is 2.86. The molecule has 0 aliphatic heterocycles. The van der Waals surface area contributed by atoms with Crippen LogP contribution < -0.4 is 10.9 Å². The number of aromatic nitrogens is 4. The average molecular weight is 371 g/mol. The highest BCUT2D eigenvalue weighted by atomic mass is 16.2. The zero-order valence-corrected chi connectivity index (χ0v) is 14.9. The summed E-state index contributed by atoms with van der Waals surface area (Å²) in [5.74, 6) is -0.266. The number of aromatic amines is 1. The minimum atomic E-state index is -0.529. The van der Waals surface area contributed by atoms with Crippen molar-refractivity contribution in [2.24, 2.45) is 0 Å². The summed E-state index contributed by atoms with van der Waals surface area (Å²) in [4.78, 5) is 31.7. The number of anilines is 1. The van der Waals surface area contributed by atoms with Gasteiger partial charge in [0, 0.05) is 24.3 Å². The van der Waals surface area contributed by atoms with Gasteiger partial charge in [-0.25, -0.2) is 9.67 Å². The highest BCUT2D eigenvalue weighted by Gasteiger charge is 2.14. The minimum Gasteiger partial charge on any atom is -0.322 e. The van der Waals surface area contributed by atoms with E-state index >= 15 is 0 Å². The van der Waals surface area contributed by atoms with Gasteiger partial charge in [0.15, 0.2) is 0 Å². The van der Waals surface area contributed by atoms with Gasteiger partial charge in [0.2, 0.25) is 5.95 Å². The van der Waals surface area contributed by atoms with Gasteiger partial charge in [-0.3, -0.25) is 14.6 Å². The van der Waals surface area contributed by atoms with E-state index in [9.17, 15) is 9.59 Å². The van der Waals surface area contributed by atoms with E-state index in [1.165, 1.54) is 10.9 Å². The molecule has 138 valence electrons. The largest absolute Gasteiger partial charge is 0.322 e.